The number of rotatable bonds is 4. The molecule has 1 aromatic heterocycles. The van der Waals surface area contributed by atoms with Crippen LogP contribution >= 0.6 is 0 Å². The largest absolute Gasteiger partial charge is 0.483 e. The molecule has 0 saturated heterocycles. The van der Waals surface area contributed by atoms with Crippen molar-refractivity contribution in [1.29, 1.82) is 0 Å². The first-order valence-electron chi connectivity index (χ1n) is 5.84. The number of ether oxygens (including phenoxy) is 1. The van der Waals surface area contributed by atoms with Gasteiger partial charge in [-0.05, 0) is 17.3 Å². The summed E-state index contributed by atoms with van der Waals surface area (Å²) in [7, 11) is 0. The van der Waals surface area contributed by atoms with Gasteiger partial charge in [-0.2, -0.15) is 13.2 Å². The number of alkyl halides is 3. The van der Waals surface area contributed by atoms with Gasteiger partial charge in [0.25, 0.3) is 5.56 Å². The molecule has 0 saturated carbocycles. The van der Waals surface area contributed by atoms with Gasteiger partial charge in [0, 0.05) is 0 Å². The monoisotopic (exact) mass is 314 g/mol. The van der Waals surface area contributed by atoms with E-state index < -0.39 is 29.8 Å². The molecule has 3 N–H and O–H groups in total. The van der Waals surface area contributed by atoms with Crippen LogP contribution in [0.5, 0.6) is 5.75 Å². The molecule has 10 heteroatoms. The Bertz CT molecular complexity index is 758. The van der Waals surface area contributed by atoms with E-state index in [2.05, 4.69) is 19.9 Å². The van der Waals surface area contributed by atoms with Gasteiger partial charge in [0.15, 0.2) is 12.4 Å². The molecule has 7 nitrogen and oxygen atoms in total. The third-order valence-electron chi connectivity index (χ3n) is 2.55. The smallest absolute Gasteiger partial charge is 0.422 e. The molecule has 1 aromatic carbocycles. The van der Waals surface area contributed by atoms with Crippen LogP contribution in [-0.4, -0.2) is 22.8 Å². The molecule has 2 rings (SSSR count). The molecular formula is C12H9F3N4O3. The van der Waals surface area contributed by atoms with Crippen LogP contribution in [0, 0.1) is 4.91 Å². The van der Waals surface area contributed by atoms with E-state index in [1.807, 2.05) is 0 Å². The summed E-state index contributed by atoms with van der Waals surface area (Å²) in [6.45, 7) is -1.50. The standard InChI is InChI=1S/C12H9F3N4O3/c13-12(14,15)5-22-7-4-2-1-3-6(7)10-17-9(16)8(19-21)11(20)18-10/h1-4H,5H2,(H3,16,17,18,20). The lowest BCUT2D eigenvalue weighted by molar-refractivity contribution is -0.153. The van der Waals surface area contributed by atoms with Gasteiger partial charge in [0.05, 0.1) is 5.56 Å². The molecule has 0 fully saturated rings. The van der Waals surface area contributed by atoms with Crippen LogP contribution in [-0.2, 0) is 0 Å². The lowest BCUT2D eigenvalue weighted by atomic mass is 10.2. The van der Waals surface area contributed by atoms with Crippen LogP contribution in [0.3, 0.4) is 0 Å². The van der Waals surface area contributed by atoms with Crippen molar-refractivity contribution >= 4 is 11.5 Å². The summed E-state index contributed by atoms with van der Waals surface area (Å²) in [4.78, 5) is 28.0. The van der Waals surface area contributed by atoms with Gasteiger partial charge in [0.2, 0.25) is 5.69 Å². The molecule has 0 radical (unpaired) electrons. The number of nitroso groups, excluding NO2 is 1. The zero-order valence-corrected chi connectivity index (χ0v) is 10.8. The van der Waals surface area contributed by atoms with Crippen molar-refractivity contribution in [2.24, 2.45) is 5.18 Å². The second-order valence-electron chi connectivity index (χ2n) is 4.14. The highest BCUT2D eigenvalue weighted by Gasteiger charge is 2.29. The third kappa shape index (κ3) is 3.40. The lowest BCUT2D eigenvalue weighted by Gasteiger charge is -2.12. The van der Waals surface area contributed by atoms with Crippen molar-refractivity contribution in [1.82, 2.24) is 9.97 Å². The van der Waals surface area contributed by atoms with Gasteiger partial charge in [0.1, 0.15) is 11.6 Å². The van der Waals surface area contributed by atoms with Crippen molar-refractivity contribution in [2.45, 2.75) is 6.18 Å². The Kier molecular flexibility index (Phi) is 4.11. The molecule has 22 heavy (non-hydrogen) atoms. The molecular weight excluding hydrogens is 305 g/mol. The molecule has 0 aliphatic heterocycles. The predicted octanol–water partition coefficient (Wildman–Crippen LogP) is 2.36. The highest BCUT2D eigenvalue weighted by Crippen LogP contribution is 2.29. The van der Waals surface area contributed by atoms with Gasteiger partial charge < -0.3 is 15.5 Å². The number of aromatic nitrogens is 2. The molecule has 2 aromatic rings. The number of benzene rings is 1. The molecule has 0 unspecified atom stereocenters. The van der Waals surface area contributed by atoms with Crippen LogP contribution < -0.4 is 16.0 Å². The van der Waals surface area contributed by atoms with E-state index in [1.54, 1.807) is 0 Å². The fraction of sp³-hybridized carbons (Fsp3) is 0.167. The number of nitrogens with two attached hydrogens (primary N) is 1. The van der Waals surface area contributed by atoms with E-state index in [1.165, 1.54) is 24.3 Å². The molecule has 0 bridgehead atoms. The van der Waals surface area contributed by atoms with Crippen LogP contribution in [0.25, 0.3) is 11.4 Å². The van der Waals surface area contributed by atoms with Crippen LogP contribution in [0.15, 0.2) is 34.2 Å². The maximum Gasteiger partial charge on any atom is 0.422 e. The molecule has 0 aliphatic rings. The topological polar surface area (TPSA) is 110 Å². The number of nitrogen functional groups attached to an aromatic ring is 1. The summed E-state index contributed by atoms with van der Waals surface area (Å²) in [5.41, 5.74) is 4.01. The second kappa shape index (κ2) is 5.84. The fourth-order valence-corrected chi connectivity index (χ4v) is 1.65. The maximum absolute atomic E-state index is 12.2. The Morgan fingerprint density at radius 3 is 2.59 bits per heavy atom. The van der Waals surface area contributed by atoms with Crippen molar-refractivity contribution < 1.29 is 17.9 Å². The van der Waals surface area contributed by atoms with Crippen LogP contribution in [0.2, 0.25) is 0 Å². The summed E-state index contributed by atoms with van der Waals surface area (Å²) in [5.74, 6) is -0.707. The van der Waals surface area contributed by atoms with E-state index in [-0.39, 0.29) is 17.1 Å². The molecule has 116 valence electrons. The summed E-state index contributed by atoms with van der Waals surface area (Å²) < 4.78 is 41.4. The number of anilines is 1. The van der Waals surface area contributed by atoms with Crippen molar-refractivity contribution in [2.75, 3.05) is 12.3 Å². The molecule has 1 heterocycles. The van der Waals surface area contributed by atoms with Gasteiger partial charge in [-0.3, -0.25) is 4.79 Å². The summed E-state index contributed by atoms with van der Waals surface area (Å²) in [6, 6.07) is 5.64. The third-order valence-corrected chi connectivity index (χ3v) is 2.55. The Hall–Kier alpha value is -2.91. The van der Waals surface area contributed by atoms with Crippen molar-refractivity contribution in [3.8, 4) is 17.1 Å². The van der Waals surface area contributed by atoms with Crippen LogP contribution in [0.4, 0.5) is 24.7 Å². The van der Waals surface area contributed by atoms with Crippen molar-refractivity contribution in [3.63, 3.8) is 0 Å². The highest BCUT2D eigenvalue weighted by molar-refractivity contribution is 5.67. The van der Waals surface area contributed by atoms with E-state index in [4.69, 9.17) is 5.73 Å². The number of aromatic amines is 1. The predicted molar refractivity (Wildman–Crippen MR) is 71.7 cm³/mol. The van der Waals surface area contributed by atoms with E-state index in [9.17, 15) is 22.9 Å². The molecule has 0 aliphatic carbocycles. The minimum atomic E-state index is -4.52. The minimum Gasteiger partial charge on any atom is -0.483 e. The number of nitrogens with one attached hydrogen (secondary N) is 1. The first kappa shape index (κ1) is 15.5. The van der Waals surface area contributed by atoms with Gasteiger partial charge in [-0.15, -0.1) is 4.91 Å². The van der Waals surface area contributed by atoms with Gasteiger partial charge >= 0.3 is 6.18 Å². The van der Waals surface area contributed by atoms with E-state index in [0.717, 1.165) is 0 Å². The maximum atomic E-state index is 12.2. The minimum absolute atomic E-state index is 0.0907. The van der Waals surface area contributed by atoms with Gasteiger partial charge in [-0.1, -0.05) is 12.1 Å². The number of nitrogens with zero attached hydrogens (tertiary/aromatic N) is 2. The highest BCUT2D eigenvalue weighted by atomic mass is 19.4. The van der Waals surface area contributed by atoms with Crippen molar-refractivity contribution in [3.05, 3.63) is 39.5 Å². The van der Waals surface area contributed by atoms with E-state index >= 15 is 0 Å². The Labute approximate surface area is 120 Å². The lowest BCUT2D eigenvalue weighted by Crippen LogP contribution is -2.19. The number of para-hydroxylation sites is 1. The molecule has 0 spiro atoms. The summed E-state index contributed by atoms with van der Waals surface area (Å²) in [6.07, 6.45) is -4.52. The number of H-pyrrole nitrogens is 1. The van der Waals surface area contributed by atoms with E-state index in [0.29, 0.717) is 0 Å². The summed E-state index contributed by atoms with van der Waals surface area (Å²) >= 11 is 0. The Morgan fingerprint density at radius 2 is 2.00 bits per heavy atom. The molecule has 0 atom stereocenters. The Morgan fingerprint density at radius 1 is 1.32 bits per heavy atom. The second-order valence-corrected chi connectivity index (χ2v) is 4.14. The first-order chi connectivity index (χ1) is 10.3. The quantitative estimate of drug-likeness (QED) is 0.842. The molecule has 0 amide bonds. The number of halogens is 3. The van der Waals surface area contributed by atoms with Gasteiger partial charge in [-0.25, -0.2) is 4.98 Å². The first-order valence-corrected chi connectivity index (χ1v) is 5.84. The normalized spacial score (nSPS) is 11.2. The number of hydrogen-bond donors (Lipinski definition) is 2. The average molecular weight is 314 g/mol. The van der Waals surface area contributed by atoms with Crippen LogP contribution in [0.1, 0.15) is 0 Å². The summed E-state index contributed by atoms with van der Waals surface area (Å²) in [5, 5.41) is 2.43. The Balaban J connectivity index is 2.45. The average Bonchev–Trinajstić information content (AvgIpc) is 2.44. The SMILES string of the molecule is Nc1nc(-c2ccccc2OCC(F)(F)F)[nH]c(=O)c1N=O. The zero-order valence-electron chi connectivity index (χ0n) is 10.8. The zero-order chi connectivity index (χ0) is 16.3. The fourth-order valence-electron chi connectivity index (χ4n) is 1.65. The number of hydrogen-bond acceptors (Lipinski definition) is 6.